The first kappa shape index (κ1) is 8.97. The quantitative estimate of drug-likeness (QED) is 0.669. The van der Waals surface area contributed by atoms with Crippen molar-refractivity contribution in [3.05, 3.63) is 24.4 Å². The summed E-state index contributed by atoms with van der Waals surface area (Å²) in [5.74, 6) is 0.982. The standard InChI is InChI=1S/C10H12N3O/c11-5-3-7-13-9-4-1-2-6-12(9)8-10(13)14/h1-2,4,6,10,14H,3,7-8H2/q+1. The second kappa shape index (κ2) is 3.64. The maximum atomic E-state index is 9.73. The van der Waals surface area contributed by atoms with Gasteiger partial charge in [0.2, 0.25) is 6.23 Å². The number of aliphatic hydroxyl groups excluding tert-OH is 1. The Balaban J connectivity index is 2.22. The fourth-order valence-electron chi connectivity index (χ4n) is 1.74. The molecule has 4 nitrogen and oxygen atoms in total. The number of fused-ring (bicyclic) bond motifs is 1. The highest BCUT2D eigenvalue weighted by Gasteiger charge is 2.34. The Morgan fingerprint density at radius 1 is 1.64 bits per heavy atom. The Morgan fingerprint density at radius 3 is 3.29 bits per heavy atom. The Hall–Kier alpha value is -1.60. The van der Waals surface area contributed by atoms with Gasteiger partial charge in [0.15, 0.2) is 6.54 Å². The minimum atomic E-state index is -0.495. The number of nitriles is 1. The van der Waals surface area contributed by atoms with Crippen LogP contribution in [0.25, 0.3) is 0 Å². The summed E-state index contributed by atoms with van der Waals surface area (Å²) in [4.78, 5) is 1.85. The van der Waals surface area contributed by atoms with E-state index in [9.17, 15) is 5.11 Å². The maximum absolute atomic E-state index is 9.73. The first-order chi connectivity index (χ1) is 6.83. The average molecular weight is 190 g/mol. The van der Waals surface area contributed by atoms with Crippen molar-refractivity contribution >= 4 is 5.82 Å². The third-order valence-electron chi connectivity index (χ3n) is 2.40. The predicted molar refractivity (Wildman–Crippen MR) is 50.2 cm³/mol. The summed E-state index contributed by atoms with van der Waals surface area (Å²) in [6.07, 6.45) is 1.88. The van der Waals surface area contributed by atoms with Crippen molar-refractivity contribution in [3.63, 3.8) is 0 Å². The molecule has 0 aliphatic carbocycles. The van der Waals surface area contributed by atoms with Crippen molar-refractivity contribution in [2.45, 2.75) is 19.2 Å². The van der Waals surface area contributed by atoms with Crippen molar-refractivity contribution < 1.29 is 9.67 Å². The molecule has 2 heterocycles. The lowest BCUT2D eigenvalue weighted by Gasteiger charge is -2.11. The van der Waals surface area contributed by atoms with Gasteiger partial charge in [-0.15, -0.1) is 0 Å². The van der Waals surface area contributed by atoms with Crippen molar-refractivity contribution in [2.75, 3.05) is 11.4 Å². The zero-order valence-electron chi connectivity index (χ0n) is 7.80. The molecule has 0 fully saturated rings. The summed E-state index contributed by atoms with van der Waals surface area (Å²) < 4.78 is 1.99. The first-order valence-corrected chi connectivity index (χ1v) is 4.63. The minimum Gasteiger partial charge on any atom is -0.352 e. The molecule has 2 rings (SSSR count). The number of rotatable bonds is 2. The molecule has 1 unspecified atom stereocenters. The largest absolute Gasteiger partial charge is 0.352 e. The van der Waals surface area contributed by atoms with Gasteiger partial charge in [-0.3, -0.25) is 0 Å². The Labute approximate surface area is 82.6 Å². The molecule has 1 atom stereocenters. The summed E-state index contributed by atoms with van der Waals surface area (Å²) in [5.41, 5.74) is 0. The van der Waals surface area contributed by atoms with Gasteiger partial charge in [0.05, 0.1) is 18.7 Å². The third-order valence-corrected chi connectivity index (χ3v) is 2.40. The third kappa shape index (κ3) is 1.42. The summed E-state index contributed by atoms with van der Waals surface area (Å²) in [5, 5.41) is 18.2. The van der Waals surface area contributed by atoms with Gasteiger partial charge in [-0.25, -0.2) is 9.47 Å². The topological polar surface area (TPSA) is 51.1 Å². The van der Waals surface area contributed by atoms with Crippen LogP contribution in [-0.4, -0.2) is 17.9 Å². The number of aliphatic hydroxyl groups is 1. The van der Waals surface area contributed by atoms with E-state index in [0.717, 1.165) is 5.82 Å². The fraction of sp³-hybridized carbons (Fsp3) is 0.400. The highest BCUT2D eigenvalue weighted by atomic mass is 16.3. The highest BCUT2D eigenvalue weighted by molar-refractivity contribution is 5.35. The molecule has 0 radical (unpaired) electrons. The lowest BCUT2D eigenvalue weighted by Crippen LogP contribution is -2.33. The Bertz CT molecular complexity index is 372. The zero-order chi connectivity index (χ0) is 9.97. The van der Waals surface area contributed by atoms with E-state index in [-0.39, 0.29) is 0 Å². The molecule has 1 aromatic heterocycles. The second-order valence-corrected chi connectivity index (χ2v) is 3.29. The van der Waals surface area contributed by atoms with Crippen LogP contribution in [0, 0.1) is 11.3 Å². The molecule has 0 saturated carbocycles. The number of nitrogens with zero attached hydrogens (tertiary/aromatic N) is 3. The lowest BCUT2D eigenvalue weighted by molar-refractivity contribution is -0.677. The summed E-state index contributed by atoms with van der Waals surface area (Å²) in [6.45, 7) is 1.17. The van der Waals surface area contributed by atoms with E-state index in [0.29, 0.717) is 19.5 Å². The van der Waals surface area contributed by atoms with Gasteiger partial charge in [0.25, 0.3) is 5.82 Å². The molecule has 1 aliphatic heterocycles. The van der Waals surface area contributed by atoms with Gasteiger partial charge < -0.3 is 5.11 Å². The van der Waals surface area contributed by atoms with E-state index in [1.165, 1.54) is 0 Å². The van der Waals surface area contributed by atoms with Crippen LogP contribution in [0.1, 0.15) is 6.42 Å². The van der Waals surface area contributed by atoms with Gasteiger partial charge in [0, 0.05) is 6.07 Å². The molecular formula is C10H12N3O+. The molecule has 14 heavy (non-hydrogen) atoms. The van der Waals surface area contributed by atoms with E-state index in [1.807, 2.05) is 33.9 Å². The number of hydrogen-bond donors (Lipinski definition) is 1. The van der Waals surface area contributed by atoms with Crippen molar-refractivity contribution in [1.29, 1.82) is 5.26 Å². The van der Waals surface area contributed by atoms with Gasteiger partial charge in [-0.05, 0) is 6.07 Å². The minimum absolute atomic E-state index is 0.436. The predicted octanol–water partition coefficient (Wildman–Crippen LogP) is 0.0262. The highest BCUT2D eigenvalue weighted by Crippen LogP contribution is 2.16. The summed E-state index contributed by atoms with van der Waals surface area (Å²) in [7, 11) is 0. The molecular weight excluding hydrogens is 178 g/mol. The van der Waals surface area contributed by atoms with Crippen LogP contribution in [0.15, 0.2) is 24.4 Å². The van der Waals surface area contributed by atoms with Gasteiger partial charge in [-0.2, -0.15) is 5.26 Å². The lowest BCUT2D eigenvalue weighted by atomic mass is 10.4. The molecule has 0 spiro atoms. The molecule has 0 bridgehead atoms. The second-order valence-electron chi connectivity index (χ2n) is 3.29. The SMILES string of the molecule is N#CCCN1c2cccc[n+]2CC1O. The van der Waals surface area contributed by atoms with Crippen molar-refractivity contribution in [1.82, 2.24) is 0 Å². The van der Waals surface area contributed by atoms with E-state index in [4.69, 9.17) is 5.26 Å². The molecule has 1 aliphatic rings. The fourth-order valence-corrected chi connectivity index (χ4v) is 1.74. The zero-order valence-corrected chi connectivity index (χ0v) is 7.80. The monoisotopic (exact) mass is 190 g/mol. The van der Waals surface area contributed by atoms with E-state index in [2.05, 4.69) is 6.07 Å². The van der Waals surface area contributed by atoms with Crippen LogP contribution >= 0.6 is 0 Å². The van der Waals surface area contributed by atoms with Crippen molar-refractivity contribution in [3.8, 4) is 6.07 Å². The van der Waals surface area contributed by atoms with Crippen LogP contribution in [0.4, 0.5) is 5.82 Å². The van der Waals surface area contributed by atoms with E-state index < -0.39 is 6.23 Å². The molecule has 72 valence electrons. The molecule has 4 heteroatoms. The Morgan fingerprint density at radius 2 is 2.50 bits per heavy atom. The number of hydrogen-bond acceptors (Lipinski definition) is 3. The summed E-state index contributed by atoms with van der Waals surface area (Å²) >= 11 is 0. The smallest absolute Gasteiger partial charge is 0.279 e. The molecule has 0 aromatic carbocycles. The summed E-state index contributed by atoms with van der Waals surface area (Å²) in [6, 6.07) is 7.90. The number of anilines is 1. The molecule has 1 N–H and O–H groups in total. The average Bonchev–Trinajstić information content (AvgIpc) is 2.51. The normalized spacial score (nSPS) is 19.1. The van der Waals surface area contributed by atoms with Gasteiger partial charge >= 0.3 is 0 Å². The van der Waals surface area contributed by atoms with Crippen LogP contribution in [0.2, 0.25) is 0 Å². The van der Waals surface area contributed by atoms with Gasteiger partial charge in [-0.1, -0.05) is 6.07 Å². The van der Waals surface area contributed by atoms with Crippen LogP contribution in [0.5, 0.6) is 0 Å². The van der Waals surface area contributed by atoms with E-state index in [1.54, 1.807) is 0 Å². The number of pyridine rings is 1. The van der Waals surface area contributed by atoms with Crippen molar-refractivity contribution in [2.24, 2.45) is 0 Å². The van der Waals surface area contributed by atoms with Crippen LogP contribution < -0.4 is 9.47 Å². The van der Waals surface area contributed by atoms with Crippen LogP contribution in [-0.2, 0) is 6.54 Å². The van der Waals surface area contributed by atoms with Crippen LogP contribution in [0.3, 0.4) is 0 Å². The Kier molecular flexibility index (Phi) is 2.33. The van der Waals surface area contributed by atoms with E-state index >= 15 is 0 Å². The molecule has 1 aromatic rings. The van der Waals surface area contributed by atoms with Gasteiger partial charge in [0.1, 0.15) is 6.54 Å². The molecule has 0 saturated heterocycles. The maximum Gasteiger partial charge on any atom is 0.279 e. The number of aromatic nitrogens is 1. The first-order valence-electron chi connectivity index (χ1n) is 4.63. The molecule has 0 amide bonds.